The molecule has 5 heteroatoms. The van der Waals surface area contributed by atoms with E-state index in [1.54, 1.807) is 19.1 Å². The second kappa shape index (κ2) is 6.85. The van der Waals surface area contributed by atoms with E-state index in [-0.39, 0.29) is 5.82 Å². The fraction of sp³-hybridized carbons (Fsp3) is 0.188. The molecule has 110 valence electrons. The van der Waals surface area contributed by atoms with Crippen LogP contribution in [0.2, 0.25) is 0 Å². The molecular weight excluding hydrogens is 271 g/mol. The van der Waals surface area contributed by atoms with Crippen molar-refractivity contribution in [1.29, 1.82) is 0 Å². The second-order valence-electron chi connectivity index (χ2n) is 4.75. The van der Waals surface area contributed by atoms with Crippen molar-refractivity contribution < 1.29 is 14.3 Å². The lowest BCUT2D eigenvalue weighted by atomic mass is 10.0. The largest absolute Gasteiger partial charge is 0.386 e. The monoisotopic (exact) mass is 288 g/mol. The molecule has 4 nitrogen and oxygen atoms in total. The number of anilines is 1. The summed E-state index contributed by atoms with van der Waals surface area (Å²) in [5.74, 6) is -0.367. The number of benzene rings is 2. The van der Waals surface area contributed by atoms with E-state index in [1.165, 1.54) is 24.3 Å². The quantitative estimate of drug-likeness (QED) is 0.809. The molecule has 2 aromatic rings. The smallest absolute Gasteiger partial charge is 0.319 e. The zero-order valence-electron chi connectivity index (χ0n) is 11.6. The Labute approximate surface area is 122 Å². The van der Waals surface area contributed by atoms with E-state index in [0.29, 0.717) is 11.3 Å². The Morgan fingerprint density at radius 3 is 2.33 bits per heavy atom. The first-order valence-electron chi connectivity index (χ1n) is 6.62. The van der Waals surface area contributed by atoms with Crippen molar-refractivity contribution in [2.45, 2.75) is 19.1 Å². The van der Waals surface area contributed by atoms with Crippen LogP contribution in [0.3, 0.4) is 0 Å². The van der Waals surface area contributed by atoms with E-state index in [2.05, 4.69) is 10.6 Å². The summed E-state index contributed by atoms with van der Waals surface area (Å²) in [6.07, 6.45) is -0.910. The van der Waals surface area contributed by atoms with Gasteiger partial charge in [-0.25, -0.2) is 9.18 Å². The predicted octanol–water partition coefficient (Wildman–Crippen LogP) is 3.07. The van der Waals surface area contributed by atoms with Crippen molar-refractivity contribution >= 4 is 11.7 Å². The minimum atomic E-state index is -0.910. The third-order valence-corrected chi connectivity index (χ3v) is 3.08. The molecule has 0 saturated carbocycles. The van der Waals surface area contributed by atoms with E-state index in [9.17, 15) is 14.3 Å². The molecular formula is C16H17FN2O2. The van der Waals surface area contributed by atoms with Crippen LogP contribution in [-0.2, 0) is 0 Å². The minimum absolute atomic E-state index is 0.367. The van der Waals surface area contributed by atoms with Gasteiger partial charge in [0.25, 0.3) is 0 Å². The number of rotatable bonds is 4. The van der Waals surface area contributed by atoms with Gasteiger partial charge >= 0.3 is 6.03 Å². The molecule has 21 heavy (non-hydrogen) atoms. The number of nitrogens with one attached hydrogen (secondary N) is 2. The number of carbonyl (C=O) groups is 1. The molecule has 0 spiro atoms. The number of hydrogen-bond acceptors (Lipinski definition) is 2. The van der Waals surface area contributed by atoms with Gasteiger partial charge in [-0.15, -0.1) is 0 Å². The van der Waals surface area contributed by atoms with Crippen LogP contribution in [0.15, 0.2) is 54.6 Å². The number of para-hydroxylation sites is 1. The first-order valence-corrected chi connectivity index (χ1v) is 6.62. The van der Waals surface area contributed by atoms with Crippen molar-refractivity contribution in [3.8, 4) is 0 Å². The molecule has 0 heterocycles. The molecule has 0 aliphatic rings. The third kappa shape index (κ3) is 4.29. The van der Waals surface area contributed by atoms with Crippen molar-refractivity contribution in [2.75, 3.05) is 5.32 Å². The molecule has 2 unspecified atom stereocenters. The lowest BCUT2D eigenvalue weighted by molar-refractivity contribution is 0.139. The molecule has 2 aromatic carbocycles. The molecule has 2 rings (SSSR count). The number of halogens is 1. The van der Waals surface area contributed by atoms with Gasteiger partial charge in [-0.2, -0.15) is 0 Å². The van der Waals surface area contributed by atoms with Crippen molar-refractivity contribution in [1.82, 2.24) is 5.32 Å². The van der Waals surface area contributed by atoms with Crippen LogP contribution in [-0.4, -0.2) is 17.2 Å². The van der Waals surface area contributed by atoms with Crippen LogP contribution in [0.5, 0.6) is 0 Å². The highest BCUT2D eigenvalue weighted by Crippen LogP contribution is 2.17. The number of carbonyl (C=O) groups excluding carboxylic acids is 1. The molecule has 2 atom stereocenters. The molecule has 0 aliphatic heterocycles. The SMILES string of the molecule is CC(NC(=O)Nc1ccccc1)C(O)c1ccc(F)cc1. The van der Waals surface area contributed by atoms with Gasteiger partial charge in [0.15, 0.2) is 0 Å². The normalized spacial score (nSPS) is 13.3. The molecule has 0 bridgehead atoms. The maximum absolute atomic E-state index is 12.8. The maximum atomic E-state index is 12.8. The summed E-state index contributed by atoms with van der Waals surface area (Å²) < 4.78 is 12.8. The Morgan fingerprint density at radius 2 is 1.71 bits per heavy atom. The number of aliphatic hydroxyl groups excluding tert-OH is 1. The average Bonchev–Trinajstić information content (AvgIpc) is 2.48. The van der Waals surface area contributed by atoms with Gasteiger partial charge < -0.3 is 15.7 Å². The van der Waals surface area contributed by atoms with Crippen LogP contribution in [0.1, 0.15) is 18.6 Å². The topological polar surface area (TPSA) is 61.4 Å². The van der Waals surface area contributed by atoms with Gasteiger partial charge in [-0.05, 0) is 36.8 Å². The highest BCUT2D eigenvalue weighted by Gasteiger charge is 2.18. The number of aliphatic hydroxyl groups is 1. The Hall–Kier alpha value is -2.40. The van der Waals surface area contributed by atoms with Gasteiger partial charge in [0.1, 0.15) is 5.82 Å². The Balaban J connectivity index is 1.92. The Kier molecular flexibility index (Phi) is 4.90. The van der Waals surface area contributed by atoms with Crippen molar-refractivity contribution in [3.63, 3.8) is 0 Å². The molecule has 0 fully saturated rings. The maximum Gasteiger partial charge on any atom is 0.319 e. The van der Waals surface area contributed by atoms with Gasteiger partial charge in [-0.1, -0.05) is 30.3 Å². The summed E-state index contributed by atoms with van der Waals surface area (Å²) in [6, 6.07) is 13.6. The van der Waals surface area contributed by atoms with Crippen molar-refractivity contribution in [2.24, 2.45) is 0 Å². The van der Waals surface area contributed by atoms with Gasteiger partial charge in [0, 0.05) is 5.69 Å². The Morgan fingerprint density at radius 1 is 1.10 bits per heavy atom. The summed E-state index contributed by atoms with van der Waals surface area (Å²) in [7, 11) is 0. The highest BCUT2D eigenvalue weighted by molar-refractivity contribution is 5.89. The highest BCUT2D eigenvalue weighted by atomic mass is 19.1. The Bertz CT molecular complexity index is 587. The van der Waals surface area contributed by atoms with E-state index < -0.39 is 18.2 Å². The minimum Gasteiger partial charge on any atom is -0.386 e. The number of amides is 2. The van der Waals surface area contributed by atoms with Gasteiger partial charge in [0.2, 0.25) is 0 Å². The molecule has 0 radical (unpaired) electrons. The molecule has 2 amide bonds. The standard InChI is InChI=1S/C16H17FN2O2/c1-11(15(20)12-7-9-13(17)10-8-12)18-16(21)19-14-5-3-2-4-6-14/h2-11,15,20H,1H3,(H2,18,19,21). The van der Waals surface area contributed by atoms with E-state index in [4.69, 9.17) is 0 Å². The zero-order valence-corrected chi connectivity index (χ0v) is 11.6. The third-order valence-electron chi connectivity index (χ3n) is 3.08. The average molecular weight is 288 g/mol. The van der Waals surface area contributed by atoms with Gasteiger partial charge in [-0.3, -0.25) is 0 Å². The lowest BCUT2D eigenvalue weighted by Gasteiger charge is -2.21. The van der Waals surface area contributed by atoms with Crippen LogP contribution in [0.4, 0.5) is 14.9 Å². The second-order valence-corrected chi connectivity index (χ2v) is 4.75. The first kappa shape index (κ1) is 15.0. The summed E-state index contributed by atoms with van der Waals surface area (Å²) >= 11 is 0. The van der Waals surface area contributed by atoms with Crippen LogP contribution < -0.4 is 10.6 Å². The van der Waals surface area contributed by atoms with Crippen LogP contribution in [0, 0.1) is 5.82 Å². The molecule has 0 aliphatic carbocycles. The van der Waals surface area contributed by atoms with Crippen LogP contribution in [0.25, 0.3) is 0 Å². The lowest BCUT2D eigenvalue weighted by Crippen LogP contribution is -2.39. The fourth-order valence-electron chi connectivity index (χ4n) is 1.92. The summed E-state index contributed by atoms with van der Waals surface area (Å²) in [5, 5.41) is 15.4. The molecule has 0 aromatic heterocycles. The summed E-state index contributed by atoms with van der Waals surface area (Å²) in [6.45, 7) is 1.68. The summed E-state index contributed by atoms with van der Waals surface area (Å²) in [5.41, 5.74) is 1.21. The van der Waals surface area contributed by atoms with E-state index >= 15 is 0 Å². The van der Waals surface area contributed by atoms with Crippen molar-refractivity contribution in [3.05, 3.63) is 66.0 Å². The predicted molar refractivity (Wildman–Crippen MR) is 79.4 cm³/mol. The number of urea groups is 1. The molecule has 3 N–H and O–H groups in total. The van der Waals surface area contributed by atoms with E-state index in [0.717, 1.165) is 0 Å². The molecule has 0 saturated heterocycles. The first-order chi connectivity index (χ1) is 10.1. The fourth-order valence-corrected chi connectivity index (χ4v) is 1.92. The van der Waals surface area contributed by atoms with Gasteiger partial charge in [0.05, 0.1) is 12.1 Å². The summed E-state index contributed by atoms with van der Waals surface area (Å²) in [4.78, 5) is 11.8. The number of hydrogen-bond donors (Lipinski definition) is 3. The van der Waals surface area contributed by atoms with E-state index in [1.807, 2.05) is 18.2 Å². The zero-order chi connectivity index (χ0) is 15.2. The van der Waals surface area contributed by atoms with Crippen LogP contribution >= 0.6 is 0 Å².